The molecule has 0 unspecified atom stereocenters. The molecule has 5 nitrogen and oxygen atoms in total. The molecule has 31 heavy (non-hydrogen) atoms. The van der Waals surface area contributed by atoms with Crippen LogP contribution < -0.4 is 4.74 Å². The van der Waals surface area contributed by atoms with Gasteiger partial charge in [0.05, 0.1) is 0 Å². The molecule has 2 saturated carbocycles. The lowest BCUT2D eigenvalue weighted by Gasteiger charge is -2.30. The quantitative estimate of drug-likeness (QED) is 0.424. The van der Waals surface area contributed by atoms with Crippen molar-refractivity contribution in [1.29, 1.82) is 0 Å². The largest absolute Gasteiger partial charge is 0.483 e. The van der Waals surface area contributed by atoms with Crippen LogP contribution in [0.25, 0.3) is 0 Å². The Bertz CT molecular complexity index is 1030. The zero-order valence-electron chi connectivity index (χ0n) is 17.7. The Morgan fingerprint density at radius 2 is 2.06 bits per heavy atom. The van der Waals surface area contributed by atoms with Gasteiger partial charge in [0, 0.05) is 24.2 Å². The number of thioether (sulfide) groups is 1. The van der Waals surface area contributed by atoms with Crippen LogP contribution in [0.15, 0.2) is 53.9 Å². The average Bonchev–Trinajstić information content (AvgIpc) is 3.53. The van der Waals surface area contributed by atoms with Gasteiger partial charge in [0.2, 0.25) is 0 Å². The van der Waals surface area contributed by atoms with Gasteiger partial charge in [-0.3, -0.25) is 9.55 Å². The summed E-state index contributed by atoms with van der Waals surface area (Å²) in [5.41, 5.74) is 1.15. The van der Waals surface area contributed by atoms with E-state index >= 15 is 0 Å². The number of benzene rings is 1. The molecular weight excluding hydrogens is 411 g/mol. The smallest absolute Gasteiger partial charge is 0.191 e. The van der Waals surface area contributed by atoms with E-state index in [1.807, 2.05) is 12.3 Å². The van der Waals surface area contributed by atoms with E-state index in [1.165, 1.54) is 31.7 Å². The first kappa shape index (κ1) is 20.5. The number of ether oxygens (including phenoxy) is 1. The molecule has 0 radical (unpaired) electrons. The van der Waals surface area contributed by atoms with Crippen molar-refractivity contribution in [2.45, 2.75) is 56.2 Å². The van der Waals surface area contributed by atoms with Gasteiger partial charge in [-0.05, 0) is 67.7 Å². The fourth-order valence-electron chi connectivity index (χ4n) is 5.33. The molecule has 4 atom stereocenters. The third kappa shape index (κ3) is 4.33. The van der Waals surface area contributed by atoms with Crippen LogP contribution in [0.1, 0.15) is 50.0 Å². The first-order valence-corrected chi connectivity index (χ1v) is 12.0. The molecule has 1 aromatic carbocycles. The number of nitrogens with zero attached hydrogens (tertiary/aromatic N) is 4. The summed E-state index contributed by atoms with van der Waals surface area (Å²) in [4.78, 5) is 4.21. The van der Waals surface area contributed by atoms with Gasteiger partial charge in [-0.25, -0.2) is 4.39 Å². The minimum absolute atomic E-state index is 0.201. The predicted molar refractivity (Wildman–Crippen MR) is 118 cm³/mol. The Morgan fingerprint density at radius 3 is 2.81 bits per heavy atom. The normalized spacial score (nSPS) is 23.2. The lowest BCUT2D eigenvalue weighted by atomic mass is 9.84. The highest BCUT2D eigenvalue weighted by Gasteiger charge is 2.43. The van der Waals surface area contributed by atoms with E-state index in [-0.39, 0.29) is 18.2 Å². The van der Waals surface area contributed by atoms with Crippen LogP contribution >= 0.6 is 11.8 Å². The van der Waals surface area contributed by atoms with E-state index in [9.17, 15) is 4.39 Å². The molecule has 2 fully saturated rings. The number of rotatable bonds is 8. The number of hydrogen-bond donors (Lipinski definition) is 0. The predicted octanol–water partition coefficient (Wildman–Crippen LogP) is 5.68. The molecule has 0 amide bonds. The minimum Gasteiger partial charge on any atom is -0.483 e. The van der Waals surface area contributed by atoms with E-state index in [2.05, 4.69) is 32.7 Å². The Kier molecular flexibility index (Phi) is 5.94. The van der Waals surface area contributed by atoms with Crippen molar-refractivity contribution in [2.24, 2.45) is 17.8 Å². The van der Waals surface area contributed by atoms with E-state index in [0.717, 1.165) is 34.1 Å². The average molecular weight is 439 g/mol. The van der Waals surface area contributed by atoms with Crippen molar-refractivity contribution in [3.8, 4) is 5.75 Å². The zero-order valence-corrected chi connectivity index (χ0v) is 18.5. The van der Waals surface area contributed by atoms with Crippen molar-refractivity contribution in [3.63, 3.8) is 0 Å². The lowest BCUT2D eigenvalue weighted by Crippen LogP contribution is -2.24. The molecule has 5 rings (SSSR count). The fraction of sp³-hybridized carbons (Fsp3) is 0.458. The summed E-state index contributed by atoms with van der Waals surface area (Å²) < 4.78 is 22.1. The highest BCUT2D eigenvalue weighted by atomic mass is 32.2. The molecule has 2 aliphatic rings. The summed E-state index contributed by atoms with van der Waals surface area (Å²) in [5.74, 6) is 3.73. The van der Waals surface area contributed by atoms with Gasteiger partial charge < -0.3 is 4.74 Å². The number of halogens is 1. The maximum atomic E-state index is 14.0. The molecule has 2 heterocycles. The molecule has 0 N–H and O–H groups in total. The summed E-state index contributed by atoms with van der Waals surface area (Å²) in [5, 5.41) is 9.85. The number of aromatic nitrogens is 4. The monoisotopic (exact) mass is 438 g/mol. The van der Waals surface area contributed by atoms with Crippen LogP contribution in [0.2, 0.25) is 0 Å². The van der Waals surface area contributed by atoms with Crippen molar-refractivity contribution < 1.29 is 9.13 Å². The van der Waals surface area contributed by atoms with Gasteiger partial charge in [-0.1, -0.05) is 36.4 Å². The van der Waals surface area contributed by atoms with Gasteiger partial charge in [0.25, 0.3) is 0 Å². The highest BCUT2D eigenvalue weighted by molar-refractivity contribution is 7.98. The van der Waals surface area contributed by atoms with Crippen molar-refractivity contribution >= 4 is 11.8 Å². The van der Waals surface area contributed by atoms with Gasteiger partial charge in [-0.2, -0.15) is 0 Å². The second-order valence-electron chi connectivity index (χ2n) is 8.72. The van der Waals surface area contributed by atoms with E-state index in [0.29, 0.717) is 12.0 Å². The van der Waals surface area contributed by atoms with Crippen molar-refractivity contribution in [1.82, 2.24) is 19.7 Å². The molecule has 2 aromatic heterocycles. The molecule has 2 bridgehead atoms. The van der Waals surface area contributed by atoms with Crippen molar-refractivity contribution in [3.05, 3.63) is 66.0 Å². The van der Waals surface area contributed by atoms with Crippen LogP contribution in [0, 0.1) is 23.6 Å². The fourth-order valence-corrected chi connectivity index (χ4v) is 6.30. The van der Waals surface area contributed by atoms with E-state index in [1.54, 1.807) is 36.2 Å². The Balaban J connectivity index is 1.38. The molecule has 7 heteroatoms. The third-order valence-electron chi connectivity index (χ3n) is 6.84. The maximum absolute atomic E-state index is 14.0. The van der Waals surface area contributed by atoms with Crippen LogP contribution in [-0.2, 0) is 12.4 Å². The maximum Gasteiger partial charge on any atom is 0.191 e. The highest BCUT2D eigenvalue weighted by Crippen LogP contribution is 2.52. The zero-order chi connectivity index (χ0) is 21.2. The number of fused-ring (bicyclic) bond motifs is 2. The second kappa shape index (κ2) is 8.99. The second-order valence-corrected chi connectivity index (χ2v) is 9.66. The summed E-state index contributed by atoms with van der Waals surface area (Å²) in [6.45, 7) is 2.49. The molecule has 0 aliphatic heterocycles. The molecule has 0 saturated heterocycles. The van der Waals surface area contributed by atoms with Crippen LogP contribution in [0.4, 0.5) is 4.39 Å². The number of para-hydroxylation sites is 1. The molecule has 3 aromatic rings. The third-order valence-corrected chi connectivity index (χ3v) is 7.85. The summed E-state index contributed by atoms with van der Waals surface area (Å²) >= 11 is 1.67. The van der Waals surface area contributed by atoms with Gasteiger partial charge in [0.1, 0.15) is 6.61 Å². The SMILES string of the molecule is C[C@@H]([C@@H]1C[C@@H]2CC[C@@H]1C2)n1c(COc2ccccc2F)nnc1SCc1cccnc1. The summed E-state index contributed by atoms with van der Waals surface area (Å²) in [7, 11) is 0. The number of pyridine rings is 1. The van der Waals surface area contributed by atoms with Crippen LogP contribution in [-0.4, -0.2) is 19.7 Å². The Labute approximate surface area is 186 Å². The lowest BCUT2D eigenvalue weighted by molar-refractivity contribution is 0.215. The number of hydrogen-bond acceptors (Lipinski definition) is 5. The van der Waals surface area contributed by atoms with Gasteiger partial charge in [-0.15, -0.1) is 10.2 Å². The topological polar surface area (TPSA) is 52.8 Å². The van der Waals surface area contributed by atoms with Gasteiger partial charge in [0.15, 0.2) is 22.5 Å². The molecular formula is C24H27FN4OS. The van der Waals surface area contributed by atoms with Crippen LogP contribution in [0.5, 0.6) is 5.75 Å². The Hall–Kier alpha value is -2.41. The van der Waals surface area contributed by atoms with Crippen molar-refractivity contribution in [2.75, 3.05) is 0 Å². The molecule has 0 spiro atoms. The summed E-state index contributed by atoms with van der Waals surface area (Å²) in [6.07, 6.45) is 9.02. The van der Waals surface area contributed by atoms with Gasteiger partial charge >= 0.3 is 0 Å². The Morgan fingerprint density at radius 1 is 1.16 bits per heavy atom. The first-order chi connectivity index (χ1) is 15.2. The minimum atomic E-state index is -0.360. The molecule has 162 valence electrons. The van der Waals surface area contributed by atoms with E-state index in [4.69, 9.17) is 4.74 Å². The van der Waals surface area contributed by atoms with E-state index < -0.39 is 0 Å². The summed E-state index contributed by atoms with van der Waals surface area (Å²) in [6, 6.07) is 10.8. The first-order valence-electron chi connectivity index (χ1n) is 11.0. The van der Waals surface area contributed by atoms with Crippen LogP contribution in [0.3, 0.4) is 0 Å². The molecule has 2 aliphatic carbocycles. The standard InChI is InChI=1S/C24H27FN4OS/c1-16(20-12-17-8-9-19(20)11-17)29-23(14-30-22-7-3-2-6-21(22)25)27-28-24(29)31-15-18-5-4-10-26-13-18/h2-7,10,13,16-17,19-20H,8-9,11-12,14-15H2,1H3/t16-,17+,19+,20-/m0/s1.